The minimum Gasteiger partial charge on any atom is -0.450 e. The quantitative estimate of drug-likeness (QED) is 0.880. The molecule has 1 fully saturated rings. The van der Waals surface area contributed by atoms with Crippen molar-refractivity contribution in [3.8, 4) is 0 Å². The molecule has 0 unspecified atom stereocenters. The number of piperidine rings is 1. The number of aryl methyl sites for hydroxylation is 1. The predicted octanol–water partition coefficient (Wildman–Crippen LogP) is 1.09. The van der Waals surface area contributed by atoms with Crippen LogP contribution < -0.4 is 5.32 Å². The molecule has 0 saturated carbocycles. The van der Waals surface area contributed by atoms with Crippen LogP contribution in [0.1, 0.15) is 31.5 Å². The number of amides is 1. The molecule has 1 aliphatic heterocycles. The molecule has 0 radical (unpaired) electrons. The molecule has 1 saturated heterocycles. The fourth-order valence-electron chi connectivity index (χ4n) is 2.13. The van der Waals surface area contributed by atoms with Gasteiger partial charge in [-0.15, -0.1) is 0 Å². The summed E-state index contributed by atoms with van der Waals surface area (Å²) in [6, 6.07) is 0.379. The third-order valence-electron chi connectivity index (χ3n) is 3.14. The van der Waals surface area contributed by atoms with Crippen molar-refractivity contribution in [2.24, 2.45) is 0 Å². The van der Waals surface area contributed by atoms with Gasteiger partial charge in [0.1, 0.15) is 0 Å². The number of rotatable bonds is 4. The summed E-state index contributed by atoms with van der Waals surface area (Å²) in [6.07, 6.45) is 1.61. The molecule has 106 valence electrons. The average molecular weight is 268 g/mol. The van der Waals surface area contributed by atoms with E-state index in [1.54, 1.807) is 11.8 Å². The number of nitrogens with zero attached hydrogens (tertiary/aromatic N) is 3. The van der Waals surface area contributed by atoms with Gasteiger partial charge in [0.15, 0.2) is 5.82 Å². The van der Waals surface area contributed by atoms with Crippen molar-refractivity contribution in [3.63, 3.8) is 0 Å². The number of likely N-dealkylation sites (tertiary alicyclic amines) is 1. The summed E-state index contributed by atoms with van der Waals surface area (Å²) in [7, 11) is 0. The van der Waals surface area contributed by atoms with Crippen LogP contribution in [0.5, 0.6) is 0 Å². The Bertz CT molecular complexity index is 413. The summed E-state index contributed by atoms with van der Waals surface area (Å²) < 4.78 is 9.89. The lowest BCUT2D eigenvalue weighted by molar-refractivity contribution is 0.0949. The van der Waals surface area contributed by atoms with E-state index in [4.69, 9.17) is 9.26 Å². The summed E-state index contributed by atoms with van der Waals surface area (Å²) in [5.74, 6) is 1.25. The Hall–Kier alpha value is -1.63. The van der Waals surface area contributed by atoms with Gasteiger partial charge in [-0.3, -0.25) is 0 Å². The lowest BCUT2D eigenvalue weighted by Crippen LogP contribution is -2.45. The van der Waals surface area contributed by atoms with Crippen LogP contribution in [0.2, 0.25) is 0 Å². The van der Waals surface area contributed by atoms with Gasteiger partial charge in [-0.2, -0.15) is 4.98 Å². The van der Waals surface area contributed by atoms with E-state index in [9.17, 15) is 4.79 Å². The number of ether oxygens (including phenoxy) is 1. The second-order valence-electron chi connectivity index (χ2n) is 4.57. The van der Waals surface area contributed by atoms with Crippen molar-refractivity contribution < 1.29 is 14.1 Å². The molecule has 1 N–H and O–H groups in total. The number of nitrogens with one attached hydrogen (secondary N) is 1. The van der Waals surface area contributed by atoms with Crippen molar-refractivity contribution in [1.29, 1.82) is 0 Å². The van der Waals surface area contributed by atoms with Crippen molar-refractivity contribution in [2.75, 3.05) is 19.7 Å². The standard InChI is InChI=1S/C12H20N4O3/c1-3-18-12(17)16-6-4-10(5-7-16)13-8-11-14-9(2)19-15-11/h10,13H,3-8H2,1-2H3. The molecule has 0 bridgehead atoms. The number of hydrogen-bond acceptors (Lipinski definition) is 6. The first-order valence-electron chi connectivity index (χ1n) is 6.63. The Morgan fingerprint density at radius 2 is 2.26 bits per heavy atom. The van der Waals surface area contributed by atoms with Gasteiger partial charge < -0.3 is 19.5 Å². The topological polar surface area (TPSA) is 80.5 Å². The van der Waals surface area contributed by atoms with Crippen LogP contribution in [-0.2, 0) is 11.3 Å². The van der Waals surface area contributed by atoms with Gasteiger partial charge in [-0.1, -0.05) is 5.16 Å². The van der Waals surface area contributed by atoms with Gasteiger partial charge in [0.2, 0.25) is 5.89 Å². The highest BCUT2D eigenvalue weighted by Crippen LogP contribution is 2.12. The van der Waals surface area contributed by atoms with Crippen LogP contribution in [0, 0.1) is 6.92 Å². The van der Waals surface area contributed by atoms with Gasteiger partial charge >= 0.3 is 6.09 Å². The molecule has 0 aliphatic carbocycles. The molecule has 1 amide bonds. The molecule has 0 spiro atoms. The summed E-state index contributed by atoms with van der Waals surface area (Å²) in [5, 5.41) is 7.21. The van der Waals surface area contributed by atoms with Gasteiger partial charge in [0, 0.05) is 26.1 Å². The Morgan fingerprint density at radius 1 is 1.53 bits per heavy atom. The average Bonchev–Trinajstić information content (AvgIpc) is 2.83. The first kappa shape index (κ1) is 13.8. The number of hydrogen-bond donors (Lipinski definition) is 1. The highest BCUT2D eigenvalue weighted by molar-refractivity contribution is 5.67. The molecular formula is C12H20N4O3. The molecule has 1 aromatic heterocycles. The Morgan fingerprint density at radius 3 is 2.84 bits per heavy atom. The fraction of sp³-hybridized carbons (Fsp3) is 0.750. The Kier molecular flexibility index (Phi) is 4.73. The third kappa shape index (κ3) is 3.92. The predicted molar refractivity (Wildman–Crippen MR) is 67.5 cm³/mol. The number of carbonyl (C=O) groups excluding carboxylic acids is 1. The summed E-state index contributed by atoms with van der Waals surface area (Å²) in [4.78, 5) is 17.4. The van der Waals surface area contributed by atoms with E-state index in [0.29, 0.717) is 30.9 Å². The molecule has 1 aliphatic rings. The maximum Gasteiger partial charge on any atom is 0.409 e. The molecule has 19 heavy (non-hydrogen) atoms. The second kappa shape index (κ2) is 6.51. The molecule has 2 heterocycles. The van der Waals surface area contributed by atoms with E-state index in [1.807, 2.05) is 6.92 Å². The van der Waals surface area contributed by atoms with Gasteiger partial charge in [-0.05, 0) is 19.8 Å². The lowest BCUT2D eigenvalue weighted by atomic mass is 10.1. The highest BCUT2D eigenvalue weighted by atomic mass is 16.6. The lowest BCUT2D eigenvalue weighted by Gasteiger charge is -2.31. The third-order valence-corrected chi connectivity index (χ3v) is 3.14. The van der Waals surface area contributed by atoms with E-state index in [-0.39, 0.29) is 6.09 Å². The van der Waals surface area contributed by atoms with E-state index in [0.717, 1.165) is 25.9 Å². The zero-order valence-corrected chi connectivity index (χ0v) is 11.4. The van der Waals surface area contributed by atoms with Crippen LogP contribution in [0.15, 0.2) is 4.52 Å². The van der Waals surface area contributed by atoms with Gasteiger partial charge in [0.05, 0.1) is 13.2 Å². The zero-order valence-electron chi connectivity index (χ0n) is 11.4. The van der Waals surface area contributed by atoms with Crippen LogP contribution in [0.3, 0.4) is 0 Å². The number of carbonyl (C=O) groups is 1. The smallest absolute Gasteiger partial charge is 0.409 e. The van der Waals surface area contributed by atoms with Crippen LogP contribution >= 0.6 is 0 Å². The minimum atomic E-state index is -0.213. The SMILES string of the molecule is CCOC(=O)N1CCC(NCc2noc(C)n2)CC1. The molecule has 7 heteroatoms. The maximum atomic E-state index is 11.5. The Labute approximate surface area is 112 Å². The van der Waals surface area contributed by atoms with Gasteiger partial charge in [-0.25, -0.2) is 4.79 Å². The molecule has 0 atom stereocenters. The first-order chi connectivity index (χ1) is 9.19. The minimum absolute atomic E-state index is 0.213. The van der Waals surface area contributed by atoms with Crippen molar-refractivity contribution in [3.05, 3.63) is 11.7 Å². The van der Waals surface area contributed by atoms with Crippen molar-refractivity contribution in [1.82, 2.24) is 20.4 Å². The molecular weight excluding hydrogens is 248 g/mol. The normalized spacial score (nSPS) is 16.6. The monoisotopic (exact) mass is 268 g/mol. The van der Waals surface area contributed by atoms with Crippen molar-refractivity contribution >= 4 is 6.09 Å². The Balaban J connectivity index is 1.70. The zero-order chi connectivity index (χ0) is 13.7. The van der Waals surface area contributed by atoms with E-state index >= 15 is 0 Å². The van der Waals surface area contributed by atoms with Gasteiger partial charge in [0.25, 0.3) is 0 Å². The van der Waals surface area contributed by atoms with Crippen LogP contribution in [0.4, 0.5) is 4.79 Å². The first-order valence-corrected chi connectivity index (χ1v) is 6.63. The molecule has 2 rings (SSSR count). The summed E-state index contributed by atoms with van der Waals surface area (Å²) >= 11 is 0. The molecule has 0 aromatic carbocycles. The fourth-order valence-corrected chi connectivity index (χ4v) is 2.13. The maximum absolute atomic E-state index is 11.5. The van der Waals surface area contributed by atoms with E-state index in [1.165, 1.54) is 0 Å². The summed E-state index contributed by atoms with van der Waals surface area (Å²) in [6.45, 7) is 6.06. The number of aromatic nitrogens is 2. The van der Waals surface area contributed by atoms with Crippen LogP contribution in [-0.4, -0.2) is 46.9 Å². The van der Waals surface area contributed by atoms with Crippen LogP contribution in [0.25, 0.3) is 0 Å². The van der Waals surface area contributed by atoms with E-state index in [2.05, 4.69) is 15.5 Å². The second-order valence-corrected chi connectivity index (χ2v) is 4.57. The van der Waals surface area contributed by atoms with E-state index < -0.39 is 0 Å². The van der Waals surface area contributed by atoms with Crippen molar-refractivity contribution in [2.45, 2.75) is 39.3 Å². The largest absolute Gasteiger partial charge is 0.450 e. The highest BCUT2D eigenvalue weighted by Gasteiger charge is 2.23. The summed E-state index contributed by atoms with van der Waals surface area (Å²) in [5.41, 5.74) is 0. The molecule has 7 nitrogen and oxygen atoms in total. The molecule has 1 aromatic rings.